The molecule has 4 heteroatoms. The van der Waals surface area contributed by atoms with E-state index in [1.54, 1.807) is 13.2 Å². The molecule has 2 aromatic rings. The Morgan fingerprint density at radius 2 is 1.71 bits per heavy atom. The van der Waals surface area contributed by atoms with Gasteiger partial charge in [-0.25, -0.2) is 0 Å². The summed E-state index contributed by atoms with van der Waals surface area (Å²) in [6.07, 6.45) is 3.42. The van der Waals surface area contributed by atoms with Crippen molar-refractivity contribution in [2.45, 2.75) is 0 Å². The molecule has 4 nitrogen and oxygen atoms in total. The van der Waals surface area contributed by atoms with Crippen LogP contribution in [0.2, 0.25) is 0 Å². The second kappa shape index (κ2) is 7.79. The molecule has 0 unspecified atom stereocenters. The van der Waals surface area contributed by atoms with Gasteiger partial charge in [-0.2, -0.15) is 0 Å². The van der Waals surface area contributed by atoms with Gasteiger partial charge in [-0.1, -0.05) is 18.2 Å². The van der Waals surface area contributed by atoms with E-state index in [4.69, 9.17) is 9.47 Å². The number of allylic oxidation sites excluding steroid dienone is 1. The Bertz CT molecular complexity index is 699. The minimum atomic E-state index is -0.000606. The van der Waals surface area contributed by atoms with Crippen LogP contribution in [0.1, 0.15) is 15.9 Å². The predicted octanol–water partition coefficient (Wildman–Crippen LogP) is 3.43. The van der Waals surface area contributed by atoms with E-state index in [1.165, 1.54) is 0 Å². The van der Waals surface area contributed by atoms with E-state index in [0.29, 0.717) is 5.56 Å². The average molecular weight is 323 g/mol. The van der Waals surface area contributed by atoms with E-state index >= 15 is 0 Å². The highest BCUT2D eigenvalue weighted by atomic mass is 16.5. The zero-order valence-electron chi connectivity index (χ0n) is 13.8. The number of carbonyl (C=O) groups is 1. The molecule has 24 heavy (non-hydrogen) atoms. The third kappa shape index (κ3) is 4.03. The van der Waals surface area contributed by atoms with Gasteiger partial charge in [0.15, 0.2) is 5.78 Å². The van der Waals surface area contributed by atoms with Crippen LogP contribution in [0.4, 0.5) is 5.69 Å². The third-order valence-corrected chi connectivity index (χ3v) is 4.07. The van der Waals surface area contributed by atoms with Crippen molar-refractivity contribution in [2.24, 2.45) is 0 Å². The van der Waals surface area contributed by atoms with Gasteiger partial charge in [-0.3, -0.25) is 4.79 Å². The number of carbonyl (C=O) groups excluding carboxylic acids is 1. The van der Waals surface area contributed by atoms with Crippen LogP contribution < -0.4 is 9.64 Å². The van der Waals surface area contributed by atoms with Crippen molar-refractivity contribution in [3.05, 3.63) is 65.7 Å². The molecule has 0 spiro atoms. The first-order valence-corrected chi connectivity index (χ1v) is 8.05. The second-order valence-corrected chi connectivity index (χ2v) is 5.62. The summed E-state index contributed by atoms with van der Waals surface area (Å²) < 4.78 is 10.5. The zero-order chi connectivity index (χ0) is 16.8. The number of rotatable bonds is 5. The molecule has 0 atom stereocenters. The van der Waals surface area contributed by atoms with E-state index in [1.807, 2.05) is 54.6 Å². The van der Waals surface area contributed by atoms with Gasteiger partial charge < -0.3 is 14.4 Å². The largest absolute Gasteiger partial charge is 0.497 e. The maximum Gasteiger partial charge on any atom is 0.185 e. The molecule has 1 saturated heterocycles. The normalized spacial score (nSPS) is 14.8. The van der Waals surface area contributed by atoms with E-state index in [0.717, 1.165) is 43.3 Å². The molecule has 0 amide bonds. The lowest BCUT2D eigenvalue weighted by molar-refractivity contribution is 0.104. The maximum absolute atomic E-state index is 12.3. The fourth-order valence-corrected chi connectivity index (χ4v) is 2.64. The van der Waals surface area contributed by atoms with Crippen molar-refractivity contribution in [1.82, 2.24) is 0 Å². The lowest BCUT2D eigenvalue weighted by atomic mass is 10.1. The Kier molecular flexibility index (Phi) is 5.29. The van der Waals surface area contributed by atoms with Gasteiger partial charge in [0.05, 0.1) is 20.3 Å². The molecule has 3 rings (SSSR count). The van der Waals surface area contributed by atoms with Gasteiger partial charge in [0.2, 0.25) is 0 Å². The SMILES string of the molecule is COc1ccc(/C=C\C(=O)c2ccc(N3CCOCC3)cc2)cc1. The first-order chi connectivity index (χ1) is 11.8. The highest BCUT2D eigenvalue weighted by Gasteiger charge is 2.11. The van der Waals surface area contributed by atoms with Gasteiger partial charge in [0.25, 0.3) is 0 Å². The van der Waals surface area contributed by atoms with E-state index < -0.39 is 0 Å². The van der Waals surface area contributed by atoms with Gasteiger partial charge in [0.1, 0.15) is 5.75 Å². The van der Waals surface area contributed by atoms with E-state index in [9.17, 15) is 4.79 Å². The van der Waals surface area contributed by atoms with Gasteiger partial charge in [-0.15, -0.1) is 0 Å². The monoisotopic (exact) mass is 323 g/mol. The molecule has 1 aliphatic heterocycles. The van der Waals surface area contributed by atoms with Gasteiger partial charge in [0, 0.05) is 24.3 Å². The summed E-state index contributed by atoms with van der Waals surface area (Å²) in [5.41, 5.74) is 2.79. The molecule has 0 N–H and O–H groups in total. The standard InChI is InChI=1S/C20H21NO3/c1-23-19-9-2-16(3-10-19)4-11-20(22)17-5-7-18(8-6-17)21-12-14-24-15-13-21/h2-11H,12-15H2,1H3/b11-4-. The number of anilines is 1. The molecular formula is C20H21NO3. The van der Waals surface area contributed by atoms with E-state index in [2.05, 4.69) is 4.90 Å². The van der Waals surface area contributed by atoms with Gasteiger partial charge >= 0.3 is 0 Å². The van der Waals surface area contributed by atoms with Crippen molar-refractivity contribution >= 4 is 17.5 Å². The van der Waals surface area contributed by atoms with Crippen LogP contribution in [0.5, 0.6) is 5.75 Å². The fourth-order valence-electron chi connectivity index (χ4n) is 2.64. The van der Waals surface area contributed by atoms with E-state index in [-0.39, 0.29) is 5.78 Å². The number of hydrogen-bond donors (Lipinski definition) is 0. The number of methoxy groups -OCH3 is 1. The van der Waals surface area contributed by atoms with Crippen molar-refractivity contribution < 1.29 is 14.3 Å². The highest BCUT2D eigenvalue weighted by molar-refractivity contribution is 6.06. The smallest absolute Gasteiger partial charge is 0.185 e. The summed E-state index contributed by atoms with van der Waals surface area (Å²) in [6, 6.07) is 15.4. The summed E-state index contributed by atoms with van der Waals surface area (Å²) in [5, 5.41) is 0. The Morgan fingerprint density at radius 3 is 2.33 bits per heavy atom. The molecule has 0 saturated carbocycles. The summed E-state index contributed by atoms with van der Waals surface area (Å²) >= 11 is 0. The fraction of sp³-hybridized carbons (Fsp3) is 0.250. The molecular weight excluding hydrogens is 302 g/mol. The topological polar surface area (TPSA) is 38.8 Å². The Balaban J connectivity index is 1.64. The number of morpholine rings is 1. The quantitative estimate of drug-likeness (QED) is 0.624. The van der Waals surface area contributed by atoms with Gasteiger partial charge in [-0.05, 0) is 48.0 Å². The average Bonchev–Trinajstić information content (AvgIpc) is 2.67. The van der Waals surface area contributed by atoms with Crippen LogP contribution in [0.3, 0.4) is 0 Å². The number of nitrogens with zero attached hydrogens (tertiary/aromatic N) is 1. The molecule has 2 aromatic carbocycles. The molecule has 124 valence electrons. The molecule has 1 heterocycles. The lowest BCUT2D eigenvalue weighted by Crippen LogP contribution is -2.36. The second-order valence-electron chi connectivity index (χ2n) is 5.62. The van der Waals surface area contributed by atoms with Crippen LogP contribution in [0, 0.1) is 0 Å². The van der Waals surface area contributed by atoms with Crippen LogP contribution in [-0.4, -0.2) is 39.2 Å². The highest BCUT2D eigenvalue weighted by Crippen LogP contribution is 2.18. The number of ether oxygens (including phenoxy) is 2. The van der Waals surface area contributed by atoms with Crippen molar-refractivity contribution in [3.8, 4) is 5.75 Å². The van der Waals surface area contributed by atoms with Crippen LogP contribution >= 0.6 is 0 Å². The van der Waals surface area contributed by atoms with Crippen LogP contribution in [0.25, 0.3) is 6.08 Å². The maximum atomic E-state index is 12.3. The third-order valence-electron chi connectivity index (χ3n) is 4.07. The number of benzene rings is 2. The Hall–Kier alpha value is -2.59. The number of hydrogen-bond acceptors (Lipinski definition) is 4. The lowest BCUT2D eigenvalue weighted by Gasteiger charge is -2.28. The summed E-state index contributed by atoms with van der Waals surface area (Å²) in [7, 11) is 1.63. The van der Waals surface area contributed by atoms with Crippen LogP contribution in [0.15, 0.2) is 54.6 Å². The zero-order valence-corrected chi connectivity index (χ0v) is 13.8. The first-order valence-electron chi connectivity index (χ1n) is 8.05. The summed E-state index contributed by atoms with van der Waals surface area (Å²) in [4.78, 5) is 14.6. The molecule has 0 bridgehead atoms. The molecule has 1 fully saturated rings. The molecule has 0 aromatic heterocycles. The van der Waals surface area contributed by atoms with Crippen molar-refractivity contribution in [3.63, 3.8) is 0 Å². The Morgan fingerprint density at radius 1 is 1.04 bits per heavy atom. The number of ketones is 1. The minimum Gasteiger partial charge on any atom is -0.497 e. The predicted molar refractivity (Wildman–Crippen MR) is 95.8 cm³/mol. The van der Waals surface area contributed by atoms with Crippen LogP contribution in [-0.2, 0) is 4.74 Å². The summed E-state index contributed by atoms with van der Waals surface area (Å²) in [6.45, 7) is 3.30. The molecule has 0 radical (unpaired) electrons. The summed E-state index contributed by atoms with van der Waals surface area (Å²) in [5.74, 6) is 0.802. The molecule has 0 aliphatic carbocycles. The molecule has 1 aliphatic rings. The van der Waals surface area contributed by atoms with Crippen molar-refractivity contribution in [1.29, 1.82) is 0 Å². The minimum absolute atomic E-state index is 0.000606. The van der Waals surface area contributed by atoms with Crippen molar-refractivity contribution in [2.75, 3.05) is 38.3 Å². The Labute approximate surface area is 142 Å². The first kappa shape index (κ1) is 16.3.